The Morgan fingerprint density at radius 3 is 3.08 bits per heavy atom. The molecule has 0 saturated carbocycles. The van der Waals surface area contributed by atoms with Gasteiger partial charge in [-0.15, -0.1) is 10.0 Å². The highest BCUT2D eigenvalue weighted by Gasteiger charge is 2.12. The van der Waals surface area contributed by atoms with Crippen LogP contribution >= 0.6 is 0 Å². The highest BCUT2D eigenvalue weighted by molar-refractivity contribution is 5.73. The Morgan fingerprint density at radius 2 is 2.38 bits per heavy atom. The monoisotopic (exact) mass is 177 g/mol. The molecule has 0 radical (unpaired) electrons. The summed E-state index contributed by atoms with van der Waals surface area (Å²) in [4.78, 5) is 10.5. The van der Waals surface area contributed by atoms with E-state index < -0.39 is 0 Å². The Bertz CT molecular complexity index is 450. The second-order valence-corrected chi connectivity index (χ2v) is 2.48. The third-order valence-electron chi connectivity index (χ3n) is 1.77. The second kappa shape index (κ2) is 2.85. The number of rotatable bonds is 2. The molecule has 0 unspecified atom stereocenters. The normalized spacial score (nSPS) is 10.2. The number of aromatic nitrogens is 2. The summed E-state index contributed by atoms with van der Waals surface area (Å²) in [5, 5.41) is 6.87. The Kier molecular flexibility index (Phi) is 1.70. The average molecular weight is 177 g/mol. The fraction of sp³-hybridized carbons (Fsp3) is 0.125. The molecule has 0 spiro atoms. The van der Waals surface area contributed by atoms with Crippen LogP contribution in [0, 0.1) is 4.91 Å². The summed E-state index contributed by atoms with van der Waals surface area (Å²) in [6, 6.07) is 5.38. The highest BCUT2D eigenvalue weighted by Crippen LogP contribution is 2.30. The number of hydrogen-bond acceptors (Lipinski definition) is 4. The molecule has 0 bridgehead atoms. The van der Waals surface area contributed by atoms with Crippen molar-refractivity contribution in [3.63, 3.8) is 0 Å². The minimum atomic E-state index is 0.239. The Hall–Kier alpha value is -1.91. The van der Waals surface area contributed by atoms with E-state index in [9.17, 15) is 4.91 Å². The third kappa shape index (κ3) is 1.05. The number of fused-ring (bicyclic) bond motifs is 1. The minimum absolute atomic E-state index is 0.239. The molecule has 0 aliphatic carbocycles. The van der Waals surface area contributed by atoms with E-state index in [2.05, 4.69) is 10.3 Å². The SMILES string of the molecule is COc1nn2ccccc2c1N=O. The molecular formula is C8H7N3O2. The molecule has 0 amide bonds. The lowest BCUT2D eigenvalue weighted by molar-refractivity contribution is 0.396. The molecule has 13 heavy (non-hydrogen) atoms. The van der Waals surface area contributed by atoms with Gasteiger partial charge in [0.15, 0.2) is 5.69 Å². The number of nitroso groups, excluding NO2 is 1. The molecule has 2 rings (SSSR count). The van der Waals surface area contributed by atoms with Crippen molar-refractivity contribution in [2.24, 2.45) is 5.18 Å². The molecule has 2 heterocycles. The molecule has 5 heteroatoms. The summed E-state index contributed by atoms with van der Waals surface area (Å²) in [7, 11) is 1.45. The first-order chi connectivity index (χ1) is 6.36. The Morgan fingerprint density at radius 1 is 1.54 bits per heavy atom. The van der Waals surface area contributed by atoms with Crippen molar-refractivity contribution < 1.29 is 4.74 Å². The maximum atomic E-state index is 10.5. The van der Waals surface area contributed by atoms with Gasteiger partial charge in [0.25, 0.3) is 5.88 Å². The van der Waals surface area contributed by atoms with Crippen molar-refractivity contribution >= 4 is 11.2 Å². The fourth-order valence-electron chi connectivity index (χ4n) is 1.19. The van der Waals surface area contributed by atoms with Gasteiger partial charge in [0.2, 0.25) is 0 Å². The van der Waals surface area contributed by atoms with E-state index in [4.69, 9.17) is 4.74 Å². The third-order valence-corrected chi connectivity index (χ3v) is 1.77. The van der Waals surface area contributed by atoms with Crippen LogP contribution < -0.4 is 4.74 Å². The summed E-state index contributed by atoms with van der Waals surface area (Å²) < 4.78 is 6.45. The average Bonchev–Trinajstić information content (AvgIpc) is 2.55. The lowest BCUT2D eigenvalue weighted by atomic mass is 10.4. The first kappa shape index (κ1) is 7.72. The summed E-state index contributed by atoms with van der Waals surface area (Å²) in [5.74, 6) is 0.251. The van der Waals surface area contributed by atoms with Crippen LogP contribution in [0.3, 0.4) is 0 Å². The zero-order valence-corrected chi connectivity index (χ0v) is 6.97. The van der Waals surface area contributed by atoms with Gasteiger partial charge < -0.3 is 4.74 Å². The van der Waals surface area contributed by atoms with Crippen LogP contribution in [0.5, 0.6) is 5.88 Å². The number of hydrogen-bond donors (Lipinski definition) is 0. The van der Waals surface area contributed by atoms with E-state index >= 15 is 0 Å². The van der Waals surface area contributed by atoms with E-state index in [1.165, 1.54) is 7.11 Å². The zero-order valence-electron chi connectivity index (χ0n) is 6.97. The van der Waals surface area contributed by atoms with E-state index in [-0.39, 0.29) is 11.6 Å². The molecule has 0 aliphatic rings. The van der Waals surface area contributed by atoms with Gasteiger partial charge in [-0.25, -0.2) is 4.52 Å². The zero-order chi connectivity index (χ0) is 9.26. The van der Waals surface area contributed by atoms with Gasteiger partial charge in [0.1, 0.15) is 0 Å². The molecule has 0 atom stereocenters. The number of nitrogens with zero attached hydrogens (tertiary/aromatic N) is 3. The Labute approximate surface area is 73.9 Å². The minimum Gasteiger partial charge on any atom is -0.478 e. The maximum Gasteiger partial charge on any atom is 0.263 e. The van der Waals surface area contributed by atoms with Crippen molar-refractivity contribution in [1.82, 2.24) is 9.61 Å². The van der Waals surface area contributed by atoms with Gasteiger partial charge in [-0.3, -0.25) is 0 Å². The topological polar surface area (TPSA) is 56.0 Å². The molecule has 0 aromatic carbocycles. The molecule has 0 fully saturated rings. The van der Waals surface area contributed by atoms with Gasteiger partial charge >= 0.3 is 0 Å². The lowest BCUT2D eigenvalue weighted by Crippen LogP contribution is -1.85. The first-order valence-electron chi connectivity index (χ1n) is 3.71. The van der Waals surface area contributed by atoms with Crippen LogP contribution in [0.1, 0.15) is 0 Å². The predicted molar refractivity (Wildman–Crippen MR) is 47.2 cm³/mol. The van der Waals surface area contributed by atoms with Gasteiger partial charge in [0.05, 0.1) is 12.6 Å². The van der Waals surface area contributed by atoms with Crippen LogP contribution in [0.25, 0.3) is 5.52 Å². The van der Waals surface area contributed by atoms with Crippen molar-refractivity contribution in [3.8, 4) is 5.88 Å². The largest absolute Gasteiger partial charge is 0.478 e. The molecule has 0 aliphatic heterocycles. The van der Waals surface area contributed by atoms with Gasteiger partial charge in [-0.05, 0) is 17.3 Å². The lowest BCUT2D eigenvalue weighted by Gasteiger charge is -1.89. The molecule has 0 saturated heterocycles. The second-order valence-electron chi connectivity index (χ2n) is 2.48. The van der Waals surface area contributed by atoms with Gasteiger partial charge in [-0.2, -0.15) is 0 Å². The van der Waals surface area contributed by atoms with E-state index in [1.54, 1.807) is 16.8 Å². The molecule has 0 N–H and O–H groups in total. The van der Waals surface area contributed by atoms with Crippen molar-refractivity contribution in [2.75, 3.05) is 7.11 Å². The highest BCUT2D eigenvalue weighted by atomic mass is 16.5. The number of pyridine rings is 1. The van der Waals surface area contributed by atoms with Crippen molar-refractivity contribution in [1.29, 1.82) is 0 Å². The maximum absolute atomic E-state index is 10.5. The summed E-state index contributed by atoms with van der Waals surface area (Å²) >= 11 is 0. The quantitative estimate of drug-likeness (QED) is 0.656. The smallest absolute Gasteiger partial charge is 0.263 e. The molecule has 5 nitrogen and oxygen atoms in total. The molecule has 2 aromatic heterocycles. The van der Waals surface area contributed by atoms with Crippen LogP contribution in [0.4, 0.5) is 5.69 Å². The van der Waals surface area contributed by atoms with E-state index in [1.807, 2.05) is 12.1 Å². The van der Waals surface area contributed by atoms with E-state index in [0.717, 1.165) is 0 Å². The van der Waals surface area contributed by atoms with Crippen LogP contribution in [0.15, 0.2) is 29.6 Å². The van der Waals surface area contributed by atoms with Crippen LogP contribution in [-0.4, -0.2) is 16.7 Å². The summed E-state index contributed by atoms with van der Waals surface area (Å²) in [6.45, 7) is 0. The number of methoxy groups -OCH3 is 1. The van der Waals surface area contributed by atoms with Crippen LogP contribution in [-0.2, 0) is 0 Å². The van der Waals surface area contributed by atoms with E-state index in [0.29, 0.717) is 5.52 Å². The molecule has 2 aromatic rings. The Balaban J connectivity index is 2.81. The van der Waals surface area contributed by atoms with Gasteiger partial charge in [0, 0.05) is 6.20 Å². The van der Waals surface area contributed by atoms with Crippen molar-refractivity contribution in [2.45, 2.75) is 0 Å². The fourth-order valence-corrected chi connectivity index (χ4v) is 1.19. The molecule has 66 valence electrons. The first-order valence-corrected chi connectivity index (χ1v) is 3.71. The standard InChI is InChI=1S/C8H7N3O2/c1-13-8-7(10-12)6-4-2-3-5-11(6)9-8/h2-5H,1H3. The predicted octanol–water partition coefficient (Wildman–Crippen LogP) is 1.74. The van der Waals surface area contributed by atoms with Crippen molar-refractivity contribution in [3.05, 3.63) is 29.3 Å². The molecular weight excluding hydrogens is 170 g/mol. The number of ether oxygens (including phenoxy) is 1. The summed E-state index contributed by atoms with van der Waals surface area (Å²) in [6.07, 6.45) is 1.73. The van der Waals surface area contributed by atoms with Gasteiger partial charge in [-0.1, -0.05) is 6.07 Å². The van der Waals surface area contributed by atoms with Crippen LogP contribution in [0.2, 0.25) is 0 Å². The summed E-state index contributed by atoms with van der Waals surface area (Å²) in [5.41, 5.74) is 0.887.